The Labute approximate surface area is 167 Å². The third-order valence-corrected chi connectivity index (χ3v) is 5.17. The molecule has 1 saturated heterocycles. The molecule has 2 aromatic carbocycles. The van der Waals surface area contributed by atoms with Gasteiger partial charge in [-0.15, -0.1) is 0 Å². The van der Waals surface area contributed by atoms with Crippen LogP contribution in [0.15, 0.2) is 59.5 Å². The molecule has 5 nitrogen and oxygen atoms in total. The number of amides is 2. The van der Waals surface area contributed by atoms with Crippen LogP contribution in [0.25, 0.3) is 6.08 Å². The molecule has 1 aliphatic rings. The number of thiocarbonyl (C=S) groups is 1. The number of thioether (sulfide) groups is 1. The second-order valence-electron chi connectivity index (χ2n) is 5.70. The number of carbonyl (C=O) groups is 2. The minimum absolute atomic E-state index is 0.0644. The lowest BCUT2D eigenvalue weighted by molar-refractivity contribution is -0.122. The average molecular weight is 399 g/mol. The van der Waals surface area contributed by atoms with E-state index in [0.29, 0.717) is 21.5 Å². The number of nitrogens with zero attached hydrogens (tertiary/aromatic N) is 1. The van der Waals surface area contributed by atoms with Gasteiger partial charge in [0.15, 0.2) is 6.61 Å². The zero-order valence-corrected chi connectivity index (χ0v) is 16.3. The van der Waals surface area contributed by atoms with Crippen LogP contribution in [0.3, 0.4) is 0 Å². The fourth-order valence-electron chi connectivity index (χ4n) is 2.45. The lowest BCUT2D eigenvalue weighted by Gasteiger charge is -2.09. The van der Waals surface area contributed by atoms with E-state index in [4.69, 9.17) is 17.0 Å². The summed E-state index contributed by atoms with van der Waals surface area (Å²) in [5.74, 6) is 0.287. The fraction of sp³-hybridized carbons (Fsp3) is 0.150. The maximum Gasteiger partial charge on any atom is 0.266 e. The molecular formula is C20H18N2O3S2. The summed E-state index contributed by atoms with van der Waals surface area (Å²) in [4.78, 5) is 26.3. The number of nitrogens with one attached hydrogen (secondary N) is 1. The number of anilines is 1. The van der Waals surface area contributed by atoms with Gasteiger partial charge in [-0.2, -0.15) is 0 Å². The second-order valence-corrected chi connectivity index (χ2v) is 7.37. The van der Waals surface area contributed by atoms with Crippen molar-refractivity contribution in [3.05, 3.63) is 65.1 Å². The first kappa shape index (κ1) is 19.1. The quantitative estimate of drug-likeness (QED) is 0.590. The van der Waals surface area contributed by atoms with Crippen molar-refractivity contribution >= 4 is 51.9 Å². The first-order valence-corrected chi connectivity index (χ1v) is 9.62. The lowest BCUT2D eigenvalue weighted by atomic mass is 10.2. The molecule has 0 atom stereocenters. The number of hydrogen-bond donors (Lipinski definition) is 1. The van der Waals surface area contributed by atoms with Crippen molar-refractivity contribution in [1.29, 1.82) is 0 Å². The summed E-state index contributed by atoms with van der Waals surface area (Å²) in [6.07, 6.45) is 1.81. The first-order valence-electron chi connectivity index (χ1n) is 8.40. The summed E-state index contributed by atoms with van der Waals surface area (Å²) >= 11 is 6.51. The van der Waals surface area contributed by atoms with Crippen LogP contribution in [0.4, 0.5) is 5.69 Å². The molecule has 0 radical (unpaired) electrons. The van der Waals surface area contributed by atoms with E-state index in [1.165, 1.54) is 11.8 Å². The molecule has 0 spiro atoms. The Kier molecular flexibility index (Phi) is 6.26. The highest BCUT2D eigenvalue weighted by Gasteiger charge is 2.30. The molecule has 1 fully saturated rings. The maximum atomic E-state index is 12.2. The van der Waals surface area contributed by atoms with Crippen molar-refractivity contribution in [3.63, 3.8) is 0 Å². The third kappa shape index (κ3) is 4.96. The van der Waals surface area contributed by atoms with Crippen molar-refractivity contribution in [2.24, 2.45) is 0 Å². The molecule has 138 valence electrons. The minimum atomic E-state index is -0.228. The predicted molar refractivity (Wildman–Crippen MR) is 113 cm³/mol. The second kappa shape index (κ2) is 8.83. The van der Waals surface area contributed by atoms with Gasteiger partial charge in [0.05, 0.1) is 4.91 Å². The van der Waals surface area contributed by atoms with E-state index in [1.54, 1.807) is 23.1 Å². The van der Waals surface area contributed by atoms with Gasteiger partial charge in [0.2, 0.25) is 0 Å². The van der Waals surface area contributed by atoms with Crippen LogP contribution < -0.4 is 10.1 Å². The van der Waals surface area contributed by atoms with Crippen molar-refractivity contribution < 1.29 is 14.3 Å². The largest absolute Gasteiger partial charge is 0.484 e. The lowest BCUT2D eigenvalue weighted by Crippen LogP contribution is -2.27. The van der Waals surface area contributed by atoms with E-state index in [9.17, 15) is 9.59 Å². The summed E-state index contributed by atoms with van der Waals surface area (Å²) < 4.78 is 6.09. The third-order valence-electron chi connectivity index (χ3n) is 3.80. The number of benzene rings is 2. The average Bonchev–Trinajstić information content (AvgIpc) is 2.94. The van der Waals surface area contributed by atoms with E-state index in [2.05, 4.69) is 5.32 Å². The molecule has 27 heavy (non-hydrogen) atoms. The molecule has 0 saturated carbocycles. The van der Waals surface area contributed by atoms with Gasteiger partial charge in [0.1, 0.15) is 10.1 Å². The van der Waals surface area contributed by atoms with Crippen LogP contribution in [0.5, 0.6) is 5.75 Å². The van der Waals surface area contributed by atoms with Gasteiger partial charge in [-0.05, 0) is 42.8 Å². The summed E-state index contributed by atoms with van der Waals surface area (Å²) in [5, 5.41) is 2.76. The number of ether oxygens (including phenoxy) is 1. The highest BCUT2D eigenvalue weighted by molar-refractivity contribution is 8.26. The van der Waals surface area contributed by atoms with Gasteiger partial charge in [-0.1, -0.05) is 54.3 Å². The summed E-state index contributed by atoms with van der Waals surface area (Å²) in [7, 11) is 0. The molecule has 2 aromatic rings. The van der Waals surface area contributed by atoms with Gasteiger partial charge in [0.25, 0.3) is 11.8 Å². The van der Waals surface area contributed by atoms with Crippen LogP contribution >= 0.6 is 24.0 Å². The van der Waals surface area contributed by atoms with Crippen LogP contribution in [0.2, 0.25) is 0 Å². The zero-order valence-electron chi connectivity index (χ0n) is 14.7. The number of hydrogen-bond acceptors (Lipinski definition) is 5. The molecule has 3 rings (SSSR count). The highest BCUT2D eigenvalue weighted by Crippen LogP contribution is 2.32. The maximum absolute atomic E-state index is 12.2. The Balaban J connectivity index is 1.56. The molecule has 1 heterocycles. The number of carbonyl (C=O) groups excluding carboxylic acids is 2. The van der Waals surface area contributed by atoms with E-state index in [-0.39, 0.29) is 18.4 Å². The van der Waals surface area contributed by atoms with Crippen LogP contribution in [-0.4, -0.2) is 34.2 Å². The normalized spacial score (nSPS) is 15.3. The Morgan fingerprint density at radius 1 is 1.19 bits per heavy atom. The molecule has 0 bridgehead atoms. The Morgan fingerprint density at radius 2 is 1.89 bits per heavy atom. The van der Waals surface area contributed by atoms with E-state index in [1.807, 2.05) is 49.4 Å². The summed E-state index contributed by atoms with van der Waals surface area (Å²) in [5.41, 5.74) is 1.60. The fourth-order valence-corrected chi connectivity index (χ4v) is 3.84. The molecule has 0 aliphatic carbocycles. The number of likely N-dealkylation sites (N-methyl/N-ethyl adjacent to an activating group) is 1. The van der Waals surface area contributed by atoms with E-state index in [0.717, 1.165) is 11.3 Å². The van der Waals surface area contributed by atoms with Gasteiger partial charge in [0, 0.05) is 12.2 Å². The molecular weight excluding hydrogens is 380 g/mol. The molecule has 2 amide bonds. The van der Waals surface area contributed by atoms with Crippen LogP contribution in [0, 0.1) is 0 Å². The van der Waals surface area contributed by atoms with Crippen molar-refractivity contribution in [3.8, 4) is 5.75 Å². The molecule has 0 aromatic heterocycles. The smallest absolute Gasteiger partial charge is 0.266 e. The van der Waals surface area contributed by atoms with Gasteiger partial charge >= 0.3 is 0 Å². The summed E-state index contributed by atoms with van der Waals surface area (Å²) in [6.45, 7) is 2.39. The summed E-state index contributed by atoms with van der Waals surface area (Å²) in [6, 6.07) is 16.4. The van der Waals surface area contributed by atoms with E-state index >= 15 is 0 Å². The van der Waals surface area contributed by atoms with Crippen molar-refractivity contribution in [2.45, 2.75) is 6.92 Å². The molecule has 7 heteroatoms. The first-order chi connectivity index (χ1) is 13.1. The van der Waals surface area contributed by atoms with Crippen LogP contribution in [0.1, 0.15) is 12.5 Å². The minimum Gasteiger partial charge on any atom is -0.484 e. The standard InChI is InChI=1S/C20H18N2O3S2/c1-2-22-19(24)17(27-20(22)26)12-14-8-10-16(11-9-14)25-13-18(23)21-15-6-4-3-5-7-15/h3-12H,2,13H2,1H3,(H,21,23)/b17-12-. The number of para-hydroxylation sites is 1. The molecule has 1 N–H and O–H groups in total. The monoisotopic (exact) mass is 398 g/mol. The van der Waals surface area contributed by atoms with Crippen LogP contribution in [-0.2, 0) is 9.59 Å². The number of rotatable bonds is 6. The Hall–Kier alpha value is -2.64. The molecule has 0 unspecified atom stereocenters. The van der Waals surface area contributed by atoms with Crippen molar-refractivity contribution in [1.82, 2.24) is 4.90 Å². The Morgan fingerprint density at radius 3 is 2.52 bits per heavy atom. The highest BCUT2D eigenvalue weighted by atomic mass is 32.2. The topological polar surface area (TPSA) is 58.6 Å². The zero-order chi connectivity index (χ0) is 19.2. The van der Waals surface area contributed by atoms with Gasteiger partial charge < -0.3 is 10.1 Å². The molecule has 1 aliphatic heterocycles. The Bertz CT molecular complexity index is 880. The van der Waals surface area contributed by atoms with Gasteiger partial charge in [-0.25, -0.2) is 0 Å². The predicted octanol–water partition coefficient (Wildman–Crippen LogP) is 3.93. The van der Waals surface area contributed by atoms with Gasteiger partial charge in [-0.3, -0.25) is 14.5 Å². The van der Waals surface area contributed by atoms with Crippen molar-refractivity contribution in [2.75, 3.05) is 18.5 Å². The van der Waals surface area contributed by atoms with E-state index < -0.39 is 0 Å². The SMILES string of the molecule is CCN1C(=O)/C(=C/c2ccc(OCC(=O)Nc3ccccc3)cc2)SC1=S.